The van der Waals surface area contributed by atoms with Crippen LogP contribution in [0.3, 0.4) is 0 Å². The van der Waals surface area contributed by atoms with Crippen LogP contribution in [0.1, 0.15) is 37.4 Å². The lowest BCUT2D eigenvalue weighted by molar-refractivity contribution is 0.210. The normalized spacial score (nSPS) is 23.7. The van der Waals surface area contributed by atoms with E-state index in [-0.39, 0.29) is 6.10 Å². The van der Waals surface area contributed by atoms with Gasteiger partial charge in [0.25, 0.3) is 0 Å². The van der Waals surface area contributed by atoms with E-state index in [0.29, 0.717) is 6.04 Å². The summed E-state index contributed by atoms with van der Waals surface area (Å²) in [6.45, 7) is 7.49. The Labute approximate surface area is 91.6 Å². The van der Waals surface area contributed by atoms with Crippen LogP contribution in [0.15, 0.2) is 18.2 Å². The van der Waals surface area contributed by atoms with E-state index in [1.807, 2.05) is 0 Å². The lowest BCUT2D eigenvalue weighted by Crippen LogP contribution is -2.29. The molecule has 1 aromatic rings. The van der Waals surface area contributed by atoms with E-state index in [1.165, 1.54) is 11.1 Å². The second-order valence-electron chi connectivity index (χ2n) is 4.30. The van der Waals surface area contributed by atoms with Crippen LogP contribution in [0, 0.1) is 6.92 Å². The minimum absolute atomic E-state index is 0.244. The van der Waals surface area contributed by atoms with Gasteiger partial charge in [0.1, 0.15) is 11.9 Å². The van der Waals surface area contributed by atoms with Gasteiger partial charge in [-0.3, -0.25) is 0 Å². The van der Waals surface area contributed by atoms with Gasteiger partial charge < -0.3 is 10.1 Å². The smallest absolute Gasteiger partial charge is 0.124 e. The van der Waals surface area contributed by atoms with Crippen molar-refractivity contribution in [3.05, 3.63) is 29.3 Å². The molecule has 2 atom stereocenters. The Balaban J connectivity index is 2.23. The Bertz CT molecular complexity index is 348. The van der Waals surface area contributed by atoms with E-state index in [0.717, 1.165) is 18.7 Å². The molecule has 2 rings (SSSR count). The molecule has 0 aliphatic carbocycles. The topological polar surface area (TPSA) is 21.3 Å². The zero-order valence-electron chi connectivity index (χ0n) is 9.71. The fraction of sp³-hybridized carbons (Fsp3) is 0.538. The van der Waals surface area contributed by atoms with Gasteiger partial charge >= 0.3 is 0 Å². The van der Waals surface area contributed by atoms with Crippen LogP contribution >= 0.6 is 0 Å². The molecule has 1 aliphatic heterocycles. The Hall–Kier alpha value is -1.02. The van der Waals surface area contributed by atoms with E-state index in [4.69, 9.17) is 4.74 Å². The van der Waals surface area contributed by atoms with Crippen molar-refractivity contribution < 1.29 is 4.74 Å². The Morgan fingerprint density at radius 1 is 1.40 bits per heavy atom. The molecular formula is C13H19NO. The molecule has 2 heteroatoms. The third-order valence-corrected chi connectivity index (χ3v) is 2.90. The fourth-order valence-electron chi connectivity index (χ4n) is 2.12. The molecule has 0 radical (unpaired) electrons. The molecule has 82 valence electrons. The zero-order valence-corrected chi connectivity index (χ0v) is 9.71. The zero-order chi connectivity index (χ0) is 10.8. The first-order chi connectivity index (χ1) is 7.22. The molecule has 2 unspecified atom stereocenters. The van der Waals surface area contributed by atoms with Crippen molar-refractivity contribution in [2.45, 2.75) is 39.3 Å². The summed E-state index contributed by atoms with van der Waals surface area (Å²) in [5.41, 5.74) is 2.62. The van der Waals surface area contributed by atoms with E-state index in [9.17, 15) is 0 Å². The van der Waals surface area contributed by atoms with Crippen LogP contribution in [0.2, 0.25) is 0 Å². The first kappa shape index (κ1) is 10.5. The second kappa shape index (κ2) is 4.23. The van der Waals surface area contributed by atoms with Gasteiger partial charge in [-0.25, -0.2) is 0 Å². The highest BCUT2D eigenvalue weighted by Gasteiger charge is 2.30. The van der Waals surface area contributed by atoms with Gasteiger partial charge in [-0.15, -0.1) is 0 Å². The molecule has 1 N–H and O–H groups in total. The van der Waals surface area contributed by atoms with Gasteiger partial charge in [0.05, 0.1) is 6.04 Å². The maximum Gasteiger partial charge on any atom is 0.124 e. The van der Waals surface area contributed by atoms with Crippen molar-refractivity contribution in [3.63, 3.8) is 0 Å². The number of benzene rings is 1. The number of nitrogens with one attached hydrogen (secondary N) is 1. The molecule has 2 nitrogen and oxygen atoms in total. The van der Waals surface area contributed by atoms with Gasteiger partial charge in [0.2, 0.25) is 0 Å². The Kier molecular flexibility index (Phi) is 2.96. The first-order valence-corrected chi connectivity index (χ1v) is 5.73. The maximum absolute atomic E-state index is 5.81. The summed E-state index contributed by atoms with van der Waals surface area (Å²) < 4.78 is 5.81. The molecule has 1 aliphatic rings. The van der Waals surface area contributed by atoms with Crippen LogP contribution in [-0.2, 0) is 0 Å². The summed E-state index contributed by atoms with van der Waals surface area (Å²) in [4.78, 5) is 0. The molecule has 15 heavy (non-hydrogen) atoms. The maximum atomic E-state index is 5.81. The summed E-state index contributed by atoms with van der Waals surface area (Å²) in [7, 11) is 0. The van der Waals surface area contributed by atoms with Crippen molar-refractivity contribution in [1.82, 2.24) is 5.32 Å². The second-order valence-corrected chi connectivity index (χ2v) is 4.30. The van der Waals surface area contributed by atoms with Crippen molar-refractivity contribution in [3.8, 4) is 5.75 Å². The third kappa shape index (κ3) is 2.00. The number of aryl methyl sites for hydroxylation is 1. The molecule has 0 fully saturated rings. The fourth-order valence-corrected chi connectivity index (χ4v) is 2.12. The molecule has 0 spiro atoms. The molecule has 0 saturated heterocycles. The quantitative estimate of drug-likeness (QED) is 0.819. The van der Waals surface area contributed by atoms with Crippen molar-refractivity contribution in [2.24, 2.45) is 0 Å². The molecule has 0 amide bonds. The van der Waals surface area contributed by atoms with Crippen LogP contribution < -0.4 is 10.1 Å². The number of hydrogen-bond donors (Lipinski definition) is 1. The van der Waals surface area contributed by atoms with Gasteiger partial charge in [-0.1, -0.05) is 24.6 Å². The average Bonchev–Trinajstić information content (AvgIpc) is 2.51. The highest BCUT2D eigenvalue weighted by molar-refractivity contribution is 5.42. The van der Waals surface area contributed by atoms with E-state index in [1.54, 1.807) is 0 Å². The molecule has 0 bridgehead atoms. The summed E-state index contributed by atoms with van der Waals surface area (Å²) in [6.07, 6.45) is 1.40. The predicted octanol–water partition coefficient (Wildman–Crippen LogP) is 2.82. The summed E-state index contributed by atoms with van der Waals surface area (Å²) in [6, 6.07) is 6.77. The van der Waals surface area contributed by atoms with Crippen molar-refractivity contribution in [2.75, 3.05) is 6.54 Å². The number of rotatable bonds is 3. The Morgan fingerprint density at radius 2 is 2.20 bits per heavy atom. The lowest BCUT2D eigenvalue weighted by atomic mass is 10.0. The SMILES string of the molecule is CCCNC1c2cc(C)ccc2OC1C. The largest absolute Gasteiger partial charge is 0.488 e. The monoisotopic (exact) mass is 205 g/mol. The van der Waals surface area contributed by atoms with Crippen LogP contribution in [0.4, 0.5) is 0 Å². The van der Waals surface area contributed by atoms with E-state index in [2.05, 4.69) is 44.3 Å². The molecule has 1 heterocycles. The van der Waals surface area contributed by atoms with Crippen molar-refractivity contribution >= 4 is 0 Å². The summed E-state index contributed by atoms with van der Waals surface area (Å²) in [5.74, 6) is 1.04. The highest BCUT2D eigenvalue weighted by Crippen LogP contribution is 2.36. The average molecular weight is 205 g/mol. The van der Waals surface area contributed by atoms with Gasteiger partial charge in [-0.2, -0.15) is 0 Å². The predicted molar refractivity (Wildman–Crippen MR) is 62.3 cm³/mol. The van der Waals surface area contributed by atoms with E-state index < -0.39 is 0 Å². The van der Waals surface area contributed by atoms with Crippen LogP contribution in [0.25, 0.3) is 0 Å². The number of ether oxygens (including phenoxy) is 1. The van der Waals surface area contributed by atoms with Gasteiger partial charge in [0, 0.05) is 5.56 Å². The third-order valence-electron chi connectivity index (χ3n) is 2.90. The molecular weight excluding hydrogens is 186 g/mol. The minimum atomic E-state index is 0.244. The molecule has 1 aromatic carbocycles. The van der Waals surface area contributed by atoms with Crippen LogP contribution in [-0.4, -0.2) is 12.6 Å². The van der Waals surface area contributed by atoms with Crippen LogP contribution in [0.5, 0.6) is 5.75 Å². The van der Waals surface area contributed by atoms with E-state index >= 15 is 0 Å². The van der Waals surface area contributed by atoms with Gasteiger partial charge in [0.15, 0.2) is 0 Å². The minimum Gasteiger partial charge on any atom is -0.488 e. The molecule has 0 aromatic heterocycles. The first-order valence-electron chi connectivity index (χ1n) is 5.73. The number of fused-ring (bicyclic) bond motifs is 1. The lowest BCUT2D eigenvalue weighted by Gasteiger charge is -2.16. The standard InChI is InChI=1S/C13H19NO/c1-4-7-14-13-10(3)15-12-6-5-9(2)8-11(12)13/h5-6,8,10,13-14H,4,7H2,1-3H3. The molecule has 0 saturated carbocycles. The van der Waals surface area contributed by atoms with Crippen molar-refractivity contribution in [1.29, 1.82) is 0 Å². The Morgan fingerprint density at radius 3 is 2.93 bits per heavy atom. The highest BCUT2D eigenvalue weighted by atomic mass is 16.5. The summed E-state index contributed by atoms with van der Waals surface area (Å²) >= 11 is 0. The summed E-state index contributed by atoms with van der Waals surface area (Å²) in [5, 5.41) is 3.54. The van der Waals surface area contributed by atoms with Gasteiger partial charge in [-0.05, 0) is 32.9 Å². The number of hydrogen-bond acceptors (Lipinski definition) is 2.